The topological polar surface area (TPSA) is 43.6 Å². The fourth-order valence-corrected chi connectivity index (χ4v) is 8.36. The minimum atomic E-state index is 0.637. The molecule has 59 heavy (non-hydrogen) atoms. The molecule has 0 N–H and O–H groups in total. The lowest BCUT2D eigenvalue weighted by molar-refractivity contribution is 1.07. The van der Waals surface area contributed by atoms with Gasteiger partial charge in [-0.15, -0.1) is 0 Å². The highest BCUT2D eigenvalue weighted by Gasteiger charge is 2.18. The largest absolute Gasteiger partial charge is 0.309 e. The smallest absolute Gasteiger partial charge is 0.164 e. The summed E-state index contributed by atoms with van der Waals surface area (Å²) in [5.74, 6) is 1.93. The average Bonchev–Trinajstić information content (AvgIpc) is 3.67. The Hall–Kier alpha value is -7.95. The van der Waals surface area contributed by atoms with Gasteiger partial charge in [0.05, 0.1) is 11.0 Å². The summed E-state index contributed by atoms with van der Waals surface area (Å²) in [6, 6.07) is 77.2. The lowest BCUT2D eigenvalue weighted by Gasteiger charge is -2.14. The number of hydrogen-bond donors (Lipinski definition) is 0. The van der Waals surface area contributed by atoms with Gasteiger partial charge in [0.2, 0.25) is 0 Å². The molecule has 2 heterocycles. The van der Waals surface area contributed by atoms with Crippen molar-refractivity contribution >= 4 is 32.6 Å². The number of fused-ring (bicyclic) bond motifs is 5. The molecule has 4 heteroatoms. The van der Waals surface area contributed by atoms with Crippen LogP contribution < -0.4 is 0 Å². The first-order valence-electron chi connectivity index (χ1n) is 19.9. The summed E-state index contributed by atoms with van der Waals surface area (Å²) in [5.41, 5.74) is 13.3. The molecule has 0 spiro atoms. The molecule has 2 aromatic heterocycles. The molecule has 0 unspecified atom stereocenters. The normalized spacial score (nSPS) is 11.4. The van der Waals surface area contributed by atoms with Gasteiger partial charge in [0.25, 0.3) is 0 Å². The van der Waals surface area contributed by atoms with Crippen molar-refractivity contribution in [2.24, 2.45) is 0 Å². The Morgan fingerprint density at radius 3 is 1.34 bits per heavy atom. The lowest BCUT2D eigenvalue weighted by Crippen LogP contribution is -2.00. The van der Waals surface area contributed by atoms with E-state index in [-0.39, 0.29) is 0 Å². The molecule has 0 bridgehead atoms. The average molecular weight is 753 g/mol. The Morgan fingerprint density at radius 2 is 0.729 bits per heavy atom. The molecule has 11 rings (SSSR count). The van der Waals surface area contributed by atoms with Crippen LogP contribution >= 0.6 is 0 Å². The van der Waals surface area contributed by atoms with Gasteiger partial charge in [0.15, 0.2) is 17.5 Å². The molecular weight excluding hydrogens is 717 g/mol. The van der Waals surface area contributed by atoms with Gasteiger partial charge >= 0.3 is 0 Å². The molecular formula is C55H36N4. The zero-order valence-corrected chi connectivity index (χ0v) is 32.1. The van der Waals surface area contributed by atoms with Crippen LogP contribution in [0.5, 0.6) is 0 Å². The van der Waals surface area contributed by atoms with E-state index in [2.05, 4.69) is 162 Å². The van der Waals surface area contributed by atoms with E-state index in [9.17, 15) is 0 Å². The van der Waals surface area contributed by atoms with E-state index in [0.717, 1.165) is 33.5 Å². The summed E-state index contributed by atoms with van der Waals surface area (Å²) in [4.78, 5) is 14.9. The minimum Gasteiger partial charge on any atom is -0.309 e. The summed E-state index contributed by atoms with van der Waals surface area (Å²) in [6.07, 6.45) is 0. The van der Waals surface area contributed by atoms with Gasteiger partial charge in [-0.05, 0) is 86.6 Å². The van der Waals surface area contributed by atoms with Crippen LogP contribution in [0.4, 0.5) is 0 Å². The summed E-state index contributed by atoms with van der Waals surface area (Å²) >= 11 is 0. The van der Waals surface area contributed by atoms with Crippen LogP contribution in [-0.4, -0.2) is 19.5 Å². The van der Waals surface area contributed by atoms with Gasteiger partial charge in [-0.3, -0.25) is 0 Å². The van der Waals surface area contributed by atoms with Gasteiger partial charge in [-0.1, -0.05) is 176 Å². The lowest BCUT2D eigenvalue weighted by atomic mass is 9.97. The molecule has 0 saturated carbocycles. The highest BCUT2D eigenvalue weighted by molar-refractivity contribution is 6.22. The molecule has 0 saturated heterocycles. The van der Waals surface area contributed by atoms with Crippen molar-refractivity contribution < 1.29 is 0 Å². The molecule has 0 fully saturated rings. The van der Waals surface area contributed by atoms with Crippen molar-refractivity contribution in [3.63, 3.8) is 0 Å². The second kappa shape index (κ2) is 14.5. The maximum atomic E-state index is 5.02. The maximum Gasteiger partial charge on any atom is 0.164 e. The SMILES string of the molecule is c1ccc(-c2cc(-c3ccccc3)cc(-n3c4ccccc4c4c5cc(-c6cccc(-c7nc(-c8ccccc8)nc(-c8ccccc8)n7)c6)ccc5ccc43)c2)cc1. The fraction of sp³-hybridized carbons (Fsp3) is 0. The first-order chi connectivity index (χ1) is 29.2. The third-order valence-corrected chi connectivity index (χ3v) is 11.2. The number of aromatic nitrogens is 4. The van der Waals surface area contributed by atoms with Gasteiger partial charge in [-0.2, -0.15) is 0 Å². The molecule has 0 aliphatic carbocycles. The van der Waals surface area contributed by atoms with Crippen molar-refractivity contribution in [3.8, 4) is 73.2 Å². The summed E-state index contributed by atoms with van der Waals surface area (Å²) in [7, 11) is 0. The molecule has 0 atom stereocenters. The quantitative estimate of drug-likeness (QED) is 0.163. The maximum absolute atomic E-state index is 5.02. The van der Waals surface area contributed by atoms with Crippen LogP contribution in [0.25, 0.3) is 106 Å². The highest BCUT2D eigenvalue weighted by atomic mass is 15.0. The van der Waals surface area contributed by atoms with Gasteiger partial charge in [0.1, 0.15) is 0 Å². The highest BCUT2D eigenvalue weighted by Crippen LogP contribution is 2.40. The van der Waals surface area contributed by atoms with Crippen molar-refractivity contribution in [1.29, 1.82) is 0 Å². The standard InChI is InChI=1S/C55H36N4/c1-5-16-37(17-6-1)45-33-46(38-18-7-2-8-19-38)35-47(34-45)59-50-27-14-13-26-48(50)52-49-36-43(29-28-39(49)30-31-51(52)59)42-24-15-25-44(32-42)55-57-53(40-20-9-3-10-21-40)56-54(58-55)41-22-11-4-12-23-41/h1-36H. The third kappa shape index (κ3) is 6.34. The molecule has 276 valence electrons. The van der Waals surface area contributed by atoms with Crippen LogP contribution in [0.15, 0.2) is 218 Å². The Bertz CT molecular complexity index is 3190. The fourth-order valence-electron chi connectivity index (χ4n) is 8.36. The van der Waals surface area contributed by atoms with E-state index in [1.54, 1.807) is 0 Å². The van der Waals surface area contributed by atoms with Crippen LogP contribution in [-0.2, 0) is 0 Å². The van der Waals surface area contributed by atoms with Gasteiger partial charge in [-0.25, -0.2) is 15.0 Å². The summed E-state index contributed by atoms with van der Waals surface area (Å²) in [6.45, 7) is 0. The number of hydrogen-bond acceptors (Lipinski definition) is 3. The number of para-hydroxylation sites is 1. The molecule has 9 aromatic carbocycles. The molecule has 11 aromatic rings. The zero-order valence-electron chi connectivity index (χ0n) is 32.1. The predicted octanol–water partition coefficient (Wildman–Crippen LogP) is 14.1. The molecule has 4 nitrogen and oxygen atoms in total. The van der Waals surface area contributed by atoms with E-state index in [1.165, 1.54) is 54.8 Å². The number of nitrogens with zero attached hydrogens (tertiary/aromatic N) is 4. The van der Waals surface area contributed by atoms with E-state index in [1.807, 2.05) is 60.7 Å². The predicted molar refractivity (Wildman–Crippen MR) is 244 cm³/mol. The first-order valence-corrected chi connectivity index (χ1v) is 19.9. The molecule has 0 aliphatic rings. The van der Waals surface area contributed by atoms with Crippen LogP contribution in [0.2, 0.25) is 0 Å². The molecule has 0 radical (unpaired) electrons. The molecule has 0 amide bonds. The van der Waals surface area contributed by atoms with Crippen LogP contribution in [0, 0.1) is 0 Å². The summed E-state index contributed by atoms with van der Waals surface area (Å²) < 4.78 is 2.44. The Kier molecular flexibility index (Phi) is 8.45. The van der Waals surface area contributed by atoms with Crippen molar-refractivity contribution in [2.45, 2.75) is 0 Å². The Labute approximate surface area is 342 Å². The molecule has 0 aliphatic heterocycles. The Balaban J connectivity index is 1.08. The van der Waals surface area contributed by atoms with Crippen LogP contribution in [0.1, 0.15) is 0 Å². The van der Waals surface area contributed by atoms with Crippen molar-refractivity contribution in [3.05, 3.63) is 218 Å². The zero-order chi connectivity index (χ0) is 39.1. The summed E-state index contributed by atoms with van der Waals surface area (Å²) in [5, 5.41) is 4.86. The van der Waals surface area contributed by atoms with E-state index < -0.39 is 0 Å². The first kappa shape index (κ1) is 34.3. The van der Waals surface area contributed by atoms with Gasteiger partial charge < -0.3 is 4.57 Å². The number of benzene rings is 9. The van der Waals surface area contributed by atoms with Crippen molar-refractivity contribution in [2.75, 3.05) is 0 Å². The van der Waals surface area contributed by atoms with Crippen molar-refractivity contribution in [1.82, 2.24) is 19.5 Å². The monoisotopic (exact) mass is 752 g/mol. The van der Waals surface area contributed by atoms with E-state index >= 15 is 0 Å². The van der Waals surface area contributed by atoms with Crippen LogP contribution in [0.3, 0.4) is 0 Å². The Morgan fingerprint density at radius 1 is 0.271 bits per heavy atom. The van der Waals surface area contributed by atoms with E-state index in [4.69, 9.17) is 15.0 Å². The second-order valence-corrected chi connectivity index (χ2v) is 14.9. The second-order valence-electron chi connectivity index (χ2n) is 14.9. The number of rotatable bonds is 7. The minimum absolute atomic E-state index is 0.637. The third-order valence-electron chi connectivity index (χ3n) is 11.2. The van der Waals surface area contributed by atoms with Gasteiger partial charge in [0, 0.05) is 33.2 Å². The van der Waals surface area contributed by atoms with E-state index in [0.29, 0.717) is 17.5 Å².